The van der Waals surface area contributed by atoms with Gasteiger partial charge in [-0.2, -0.15) is 0 Å². The lowest BCUT2D eigenvalue weighted by molar-refractivity contribution is 0.355. The second kappa shape index (κ2) is 6.30. The summed E-state index contributed by atoms with van der Waals surface area (Å²) in [6.07, 6.45) is 0.896. The van der Waals surface area contributed by atoms with Crippen molar-refractivity contribution >= 4 is 27.8 Å². The van der Waals surface area contributed by atoms with E-state index in [1.54, 1.807) is 26.4 Å². The Balaban J connectivity index is 1.57. The summed E-state index contributed by atoms with van der Waals surface area (Å²) in [6, 6.07) is 11.7. The molecule has 0 saturated carbocycles. The number of methoxy groups -OCH3 is 2. The van der Waals surface area contributed by atoms with Gasteiger partial charge >= 0.3 is 0 Å². The van der Waals surface area contributed by atoms with Crippen LogP contribution in [0.15, 0.2) is 41.2 Å². The number of para-hydroxylation sites is 1. The van der Waals surface area contributed by atoms with Gasteiger partial charge in [-0.25, -0.2) is 4.98 Å². The van der Waals surface area contributed by atoms with Gasteiger partial charge in [-0.3, -0.25) is 9.78 Å². The van der Waals surface area contributed by atoms with Gasteiger partial charge in [0.25, 0.3) is 5.56 Å². The van der Waals surface area contributed by atoms with Crippen molar-refractivity contribution in [2.75, 3.05) is 25.7 Å². The maximum absolute atomic E-state index is 12.7. The van der Waals surface area contributed by atoms with Crippen molar-refractivity contribution in [3.8, 4) is 11.5 Å². The molecule has 1 aliphatic heterocycles. The minimum atomic E-state index is -0.191. The van der Waals surface area contributed by atoms with Crippen LogP contribution in [0.3, 0.4) is 0 Å². The van der Waals surface area contributed by atoms with Crippen molar-refractivity contribution in [2.45, 2.75) is 13.0 Å². The number of fused-ring (bicyclic) bond motifs is 4. The molecule has 7 heteroatoms. The van der Waals surface area contributed by atoms with Crippen molar-refractivity contribution < 1.29 is 9.47 Å². The summed E-state index contributed by atoms with van der Waals surface area (Å²) in [5.41, 5.74) is 4.05. The Hall–Kier alpha value is -3.48. The maximum atomic E-state index is 12.7. The molecule has 0 bridgehead atoms. The molecule has 0 aliphatic carbocycles. The van der Waals surface area contributed by atoms with E-state index in [0.29, 0.717) is 34.9 Å². The normalized spacial score (nSPS) is 13.7. The first-order valence-electron chi connectivity index (χ1n) is 9.17. The third kappa shape index (κ3) is 2.51. The molecule has 0 unspecified atom stereocenters. The van der Waals surface area contributed by atoms with Gasteiger partial charge in [0, 0.05) is 29.2 Å². The Morgan fingerprint density at radius 2 is 1.82 bits per heavy atom. The molecule has 0 amide bonds. The van der Waals surface area contributed by atoms with Crippen LogP contribution in [0, 0.1) is 0 Å². The van der Waals surface area contributed by atoms with Crippen molar-refractivity contribution in [1.29, 1.82) is 0 Å². The van der Waals surface area contributed by atoms with E-state index in [-0.39, 0.29) is 5.56 Å². The monoisotopic (exact) mass is 376 g/mol. The SMILES string of the molecule is COc1cc2nc(N3CCc4c([nH]c5ccccc45)C3)[nH]c(=O)c2cc1OC. The first-order chi connectivity index (χ1) is 13.7. The van der Waals surface area contributed by atoms with E-state index in [2.05, 4.69) is 33.1 Å². The molecular weight excluding hydrogens is 356 g/mol. The topological polar surface area (TPSA) is 83.2 Å². The molecule has 0 spiro atoms. The highest BCUT2D eigenvalue weighted by atomic mass is 16.5. The number of ether oxygens (including phenoxy) is 2. The van der Waals surface area contributed by atoms with Crippen LogP contribution in [-0.2, 0) is 13.0 Å². The van der Waals surface area contributed by atoms with Gasteiger partial charge < -0.3 is 19.4 Å². The fourth-order valence-corrected chi connectivity index (χ4v) is 3.98. The molecule has 1 aliphatic rings. The van der Waals surface area contributed by atoms with E-state index in [1.807, 2.05) is 6.07 Å². The highest BCUT2D eigenvalue weighted by Crippen LogP contribution is 2.32. The van der Waals surface area contributed by atoms with Crippen LogP contribution in [0.4, 0.5) is 5.95 Å². The summed E-state index contributed by atoms with van der Waals surface area (Å²) in [7, 11) is 3.12. The second-order valence-corrected chi connectivity index (χ2v) is 6.91. The third-order valence-electron chi connectivity index (χ3n) is 5.38. The van der Waals surface area contributed by atoms with E-state index >= 15 is 0 Å². The lowest BCUT2D eigenvalue weighted by Gasteiger charge is -2.27. The van der Waals surface area contributed by atoms with Crippen LogP contribution in [-0.4, -0.2) is 35.7 Å². The number of anilines is 1. The Bertz CT molecular complexity index is 1260. The van der Waals surface area contributed by atoms with Gasteiger partial charge in [-0.1, -0.05) is 18.2 Å². The largest absolute Gasteiger partial charge is 0.493 e. The molecule has 2 aromatic carbocycles. The average Bonchev–Trinajstić information content (AvgIpc) is 3.10. The summed E-state index contributed by atoms with van der Waals surface area (Å²) in [5.74, 6) is 1.63. The molecular formula is C21H20N4O3. The van der Waals surface area contributed by atoms with Gasteiger partial charge in [0.15, 0.2) is 11.5 Å². The number of benzene rings is 2. The van der Waals surface area contributed by atoms with Gasteiger partial charge in [0.2, 0.25) is 5.95 Å². The van der Waals surface area contributed by atoms with Crippen LogP contribution < -0.4 is 19.9 Å². The van der Waals surface area contributed by atoms with Crippen molar-refractivity contribution in [3.05, 3.63) is 58.0 Å². The highest BCUT2D eigenvalue weighted by Gasteiger charge is 2.22. The smallest absolute Gasteiger partial charge is 0.260 e. The number of hydrogen-bond acceptors (Lipinski definition) is 5. The molecule has 142 valence electrons. The molecule has 0 fully saturated rings. The Kier molecular flexibility index (Phi) is 3.75. The summed E-state index contributed by atoms with van der Waals surface area (Å²) >= 11 is 0. The molecule has 28 heavy (non-hydrogen) atoms. The summed E-state index contributed by atoms with van der Waals surface area (Å²) in [6.45, 7) is 1.46. The third-order valence-corrected chi connectivity index (χ3v) is 5.38. The van der Waals surface area contributed by atoms with E-state index in [4.69, 9.17) is 14.5 Å². The first kappa shape index (κ1) is 16.7. The fraction of sp³-hybridized carbons (Fsp3) is 0.238. The summed E-state index contributed by atoms with van der Waals surface area (Å²) in [4.78, 5) is 25.9. The van der Waals surface area contributed by atoms with Gasteiger partial charge in [-0.05, 0) is 24.1 Å². The minimum absolute atomic E-state index is 0.191. The Labute approximate surface area is 160 Å². The van der Waals surface area contributed by atoms with Crippen LogP contribution >= 0.6 is 0 Å². The van der Waals surface area contributed by atoms with E-state index in [0.717, 1.165) is 18.5 Å². The molecule has 0 atom stereocenters. The molecule has 2 N–H and O–H groups in total. The number of rotatable bonds is 3. The van der Waals surface area contributed by atoms with E-state index in [1.165, 1.54) is 16.6 Å². The van der Waals surface area contributed by atoms with Crippen LogP contribution in [0.25, 0.3) is 21.8 Å². The molecule has 4 aromatic rings. The molecule has 3 heterocycles. The lowest BCUT2D eigenvalue weighted by Crippen LogP contribution is -2.33. The molecule has 0 radical (unpaired) electrons. The zero-order valence-electron chi connectivity index (χ0n) is 15.7. The lowest BCUT2D eigenvalue weighted by atomic mass is 10.0. The van der Waals surface area contributed by atoms with E-state index < -0.39 is 0 Å². The number of nitrogens with one attached hydrogen (secondary N) is 2. The highest BCUT2D eigenvalue weighted by molar-refractivity contribution is 5.85. The minimum Gasteiger partial charge on any atom is -0.493 e. The molecule has 2 aromatic heterocycles. The first-order valence-corrected chi connectivity index (χ1v) is 9.17. The van der Waals surface area contributed by atoms with Gasteiger partial charge in [0.05, 0.1) is 31.7 Å². The Morgan fingerprint density at radius 3 is 2.64 bits per heavy atom. The van der Waals surface area contributed by atoms with Crippen LogP contribution in [0.5, 0.6) is 11.5 Å². The predicted molar refractivity (Wildman–Crippen MR) is 109 cm³/mol. The average molecular weight is 376 g/mol. The second-order valence-electron chi connectivity index (χ2n) is 6.91. The van der Waals surface area contributed by atoms with Gasteiger partial charge in [0.1, 0.15) is 0 Å². The number of nitrogens with zero attached hydrogens (tertiary/aromatic N) is 2. The van der Waals surface area contributed by atoms with Crippen LogP contribution in [0.1, 0.15) is 11.3 Å². The number of aromatic nitrogens is 3. The number of H-pyrrole nitrogens is 2. The van der Waals surface area contributed by atoms with Crippen molar-refractivity contribution in [3.63, 3.8) is 0 Å². The zero-order chi connectivity index (χ0) is 19.3. The predicted octanol–water partition coefficient (Wildman–Crippen LogP) is 2.98. The molecule has 5 rings (SSSR count). The van der Waals surface area contributed by atoms with Crippen molar-refractivity contribution in [2.24, 2.45) is 0 Å². The van der Waals surface area contributed by atoms with Crippen molar-refractivity contribution in [1.82, 2.24) is 15.0 Å². The molecule has 7 nitrogen and oxygen atoms in total. The quantitative estimate of drug-likeness (QED) is 0.574. The standard InChI is InChI=1S/C21H20N4O3/c1-27-18-9-14-16(10-19(18)28-2)23-21(24-20(14)26)25-8-7-13-12-5-3-4-6-15(12)22-17(13)11-25/h3-6,9-10,22H,7-8,11H2,1-2H3,(H,23,24,26). The Morgan fingerprint density at radius 1 is 1.04 bits per heavy atom. The summed E-state index contributed by atoms with van der Waals surface area (Å²) < 4.78 is 10.6. The fourth-order valence-electron chi connectivity index (χ4n) is 3.98. The maximum Gasteiger partial charge on any atom is 0.260 e. The number of hydrogen-bond donors (Lipinski definition) is 2. The van der Waals surface area contributed by atoms with Gasteiger partial charge in [-0.15, -0.1) is 0 Å². The number of aromatic amines is 2. The van der Waals surface area contributed by atoms with E-state index in [9.17, 15) is 4.79 Å². The molecule has 0 saturated heterocycles. The summed E-state index contributed by atoms with van der Waals surface area (Å²) in [5, 5.41) is 1.75. The van der Waals surface area contributed by atoms with Crippen LogP contribution in [0.2, 0.25) is 0 Å². The zero-order valence-corrected chi connectivity index (χ0v) is 15.7.